The van der Waals surface area contributed by atoms with E-state index in [1.165, 1.54) is 4.90 Å². The van der Waals surface area contributed by atoms with Crippen LogP contribution in [0.25, 0.3) is 0 Å². The standard InChI is InChI=1S/C23H25ClN4O5/c1-14-20(30)27(10-11-33-14)18-8-6-17(7-9-18)26-21(31)23(15-2-4-16(24)5-3-15)12-19(29)13-28(23)22(25)32/h2-9,14,19,29H,10-13H2,1H3,(H2,25,32)(H,26,31)/t14-,19-,23-/m1/s1. The Morgan fingerprint density at radius 1 is 1.18 bits per heavy atom. The van der Waals surface area contributed by atoms with Crippen molar-refractivity contribution in [1.82, 2.24) is 4.90 Å². The number of ether oxygens (including phenoxy) is 1. The van der Waals surface area contributed by atoms with Crippen LogP contribution >= 0.6 is 11.6 Å². The topological polar surface area (TPSA) is 125 Å². The Kier molecular flexibility index (Phi) is 6.29. The molecule has 9 nitrogen and oxygen atoms in total. The van der Waals surface area contributed by atoms with Gasteiger partial charge in [-0.2, -0.15) is 0 Å². The molecule has 2 fully saturated rings. The monoisotopic (exact) mass is 472 g/mol. The summed E-state index contributed by atoms with van der Waals surface area (Å²) in [6.45, 7) is 2.53. The number of nitrogens with two attached hydrogens (primary N) is 1. The molecule has 0 unspecified atom stereocenters. The largest absolute Gasteiger partial charge is 0.391 e. The summed E-state index contributed by atoms with van der Waals surface area (Å²) in [5.41, 5.74) is 5.74. The van der Waals surface area contributed by atoms with Crippen molar-refractivity contribution in [2.75, 3.05) is 29.9 Å². The zero-order valence-corrected chi connectivity index (χ0v) is 18.8. The first kappa shape index (κ1) is 23.0. The van der Waals surface area contributed by atoms with Crippen molar-refractivity contribution < 1.29 is 24.2 Å². The number of nitrogens with zero attached hydrogens (tertiary/aromatic N) is 2. The molecule has 4 rings (SSSR count). The number of halogens is 1. The third-order valence-corrected chi connectivity index (χ3v) is 6.33. The van der Waals surface area contributed by atoms with Crippen LogP contribution in [0.5, 0.6) is 0 Å². The molecule has 4 N–H and O–H groups in total. The lowest BCUT2D eigenvalue weighted by atomic mass is 9.85. The number of carbonyl (C=O) groups excluding carboxylic acids is 3. The molecule has 0 spiro atoms. The fraction of sp³-hybridized carbons (Fsp3) is 0.348. The van der Waals surface area contributed by atoms with Gasteiger partial charge in [0.15, 0.2) is 5.54 Å². The Hall–Kier alpha value is -3.14. The zero-order chi connectivity index (χ0) is 23.8. The molecule has 2 aromatic rings. The molecule has 4 amide bonds. The second-order valence-electron chi connectivity index (χ2n) is 8.18. The summed E-state index contributed by atoms with van der Waals surface area (Å²) in [4.78, 5) is 41.0. The van der Waals surface area contributed by atoms with Gasteiger partial charge < -0.3 is 30.7 Å². The number of carbonyl (C=O) groups is 3. The zero-order valence-electron chi connectivity index (χ0n) is 18.0. The molecule has 2 aliphatic rings. The number of primary amides is 1. The summed E-state index contributed by atoms with van der Waals surface area (Å²) in [5, 5.41) is 13.6. The quantitative estimate of drug-likeness (QED) is 0.628. The van der Waals surface area contributed by atoms with Gasteiger partial charge in [-0.05, 0) is 48.9 Å². The Balaban J connectivity index is 1.62. The van der Waals surface area contributed by atoms with E-state index in [1.807, 2.05) is 0 Å². The first-order valence-corrected chi connectivity index (χ1v) is 11.0. The average Bonchev–Trinajstić information content (AvgIpc) is 3.15. The minimum absolute atomic E-state index is 0.0122. The summed E-state index contributed by atoms with van der Waals surface area (Å²) in [6.07, 6.45) is -1.44. The van der Waals surface area contributed by atoms with Crippen molar-refractivity contribution in [3.8, 4) is 0 Å². The predicted octanol–water partition coefficient (Wildman–Crippen LogP) is 2.07. The van der Waals surface area contributed by atoms with E-state index in [4.69, 9.17) is 22.1 Å². The van der Waals surface area contributed by atoms with E-state index in [1.54, 1.807) is 60.4 Å². The molecule has 2 aliphatic heterocycles. The Labute approximate surface area is 196 Å². The molecule has 33 heavy (non-hydrogen) atoms. The first-order valence-electron chi connectivity index (χ1n) is 10.6. The summed E-state index contributed by atoms with van der Waals surface area (Å²) >= 11 is 6.01. The molecule has 0 saturated carbocycles. The van der Waals surface area contributed by atoms with E-state index >= 15 is 0 Å². The van der Waals surface area contributed by atoms with Gasteiger partial charge in [0.2, 0.25) is 0 Å². The number of nitrogens with one attached hydrogen (secondary N) is 1. The molecule has 3 atom stereocenters. The van der Waals surface area contributed by atoms with Crippen LogP contribution in [0, 0.1) is 0 Å². The minimum Gasteiger partial charge on any atom is -0.391 e. The second-order valence-corrected chi connectivity index (χ2v) is 8.61. The van der Waals surface area contributed by atoms with Crippen molar-refractivity contribution in [2.45, 2.75) is 31.1 Å². The SMILES string of the molecule is C[C@H]1OCCN(c2ccc(NC(=O)[C@]3(c4ccc(Cl)cc4)C[C@@H](O)CN3C(N)=O)cc2)C1=O. The maximum atomic E-state index is 13.6. The van der Waals surface area contributed by atoms with E-state index in [0.717, 1.165) is 0 Å². The summed E-state index contributed by atoms with van der Waals surface area (Å²) in [7, 11) is 0. The average molecular weight is 473 g/mol. The summed E-state index contributed by atoms with van der Waals surface area (Å²) in [6, 6.07) is 12.5. The minimum atomic E-state index is -1.50. The fourth-order valence-electron chi connectivity index (χ4n) is 4.44. The fourth-order valence-corrected chi connectivity index (χ4v) is 4.57. The Morgan fingerprint density at radius 2 is 1.85 bits per heavy atom. The summed E-state index contributed by atoms with van der Waals surface area (Å²) in [5.74, 6) is -0.638. The number of hydrogen-bond donors (Lipinski definition) is 3. The highest BCUT2D eigenvalue weighted by Gasteiger charge is 2.54. The number of amides is 4. The van der Waals surface area contributed by atoms with E-state index in [0.29, 0.717) is 35.1 Å². The highest BCUT2D eigenvalue weighted by Crippen LogP contribution is 2.40. The molecule has 0 radical (unpaired) electrons. The number of hydrogen-bond acceptors (Lipinski definition) is 5. The van der Waals surface area contributed by atoms with E-state index < -0.39 is 29.7 Å². The maximum absolute atomic E-state index is 13.6. The smallest absolute Gasteiger partial charge is 0.316 e. The number of likely N-dealkylation sites (tertiary alicyclic amines) is 1. The number of aliphatic hydroxyl groups is 1. The molecule has 0 bridgehead atoms. The van der Waals surface area contributed by atoms with Gasteiger partial charge in [0, 0.05) is 35.9 Å². The molecule has 10 heteroatoms. The van der Waals surface area contributed by atoms with Crippen LogP contribution < -0.4 is 16.0 Å². The number of aliphatic hydroxyl groups excluding tert-OH is 1. The molecule has 2 saturated heterocycles. The Bertz CT molecular complexity index is 1060. The van der Waals surface area contributed by atoms with Crippen molar-refractivity contribution in [1.29, 1.82) is 0 Å². The number of rotatable bonds is 4. The van der Waals surface area contributed by atoms with Gasteiger partial charge in [0.05, 0.1) is 12.7 Å². The van der Waals surface area contributed by atoms with Crippen LogP contribution in [0.1, 0.15) is 18.9 Å². The van der Waals surface area contributed by atoms with Crippen LogP contribution in [0.2, 0.25) is 5.02 Å². The van der Waals surface area contributed by atoms with Gasteiger partial charge in [0.25, 0.3) is 11.8 Å². The Morgan fingerprint density at radius 3 is 2.48 bits per heavy atom. The molecule has 0 aliphatic carbocycles. The number of urea groups is 1. The predicted molar refractivity (Wildman–Crippen MR) is 123 cm³/mol. The van der Waals surface area contributed by atoms with E-state index in [-0.39, 0.29) is 18.9 Å². The van der Waals surface area contributed by atoms with Crippen LogP contribution in [0.4, 0.5) is 16.2 Å². The van der Waals surface area contributed by atoms with Gasteiger partial charge in [0.1, 0.15) is 6.10 Å². The molecule has 2 heterocycles. The van der Waals surface area contributed by atoms with E-state index in [9.17, 15) is 19.5 Å². The van der Waals surface area contributed by atoms with Crippen LogP contribution in [-0.2, 0) is 19.9 Å². The lowest BCUT2D eigenvalue weighted by molar-refractivity contribution is -0.132. The van der Waals surface area contributed by atoms with Gasteiger partial charge in [-0.3, -0.25) is 9.59 Å². The van der Waals surface area contributed by atoms with Crippen molar-refractivity contribution in [3.63, 3.8) is 0 Å². The number of benzene rings is 2. The normalized spacial score (nSPS) is 25.2. The molecule has 0 aromatic heterocycles. The van der Waals surface area contributed by atoms with Gasteiger partial charge in [-0.15, -0.1) is 0 Å². The maximum Gasteiger partial charge on any atom is 0.316 e. The highest BCUT2D eigenvalue weighted by molar-refractivity contribution is 6.30. The number of anilines is 2. The van der Waals surface area contributed by atoms with E-state index in [2.05, 4.69) is 5.32 Å². The highest BCUT2D eigenvalue weighted by atomic mass is 35.5. The molecule has 174 valence electrons. The van der Waals surface area contributed by atoms with Crippen molar-refractivity contribution in [2.24, 2.45) is 5.73 Å². The number of β-amino-alcohol motifs (C(OH)–C–C–N with tert-alkyl or cyclic N) is 1. The van der Waals surface area contributed by atoms with Gasteiger partial charge in [-0.25, -0.2) is 4.79 Å². The van der Waals surface area contributed by atoms with Crippen LogP contribution in [-0.4, -0.2) is 59.8 Å². The first-order chi connectivity index (χ1) is 15.7. The molecule has 2 aromatic carbocycles. The van der Waals surface area contributed by atoms with Crippen LogP contribution in [0.3, 0.4) is 0 Å². The van der Waals surface area contributed by atoms with Crippen molar-refractivity contribution in [3.05, 3.63) is 59.1 Å². The van der Waals surface area contributed by atoms with Crippen molar-refractivity contribution >= 4 is 40.8 Å². The number of morpholine rings is 1. The summed E-state index contributed by atoms with van der Waals surface area (Å²) < 4.78 is 5.35. The van der Waals surface area contributed by atoms with Gasteiger partial charge >= 0.3 is 6.03 Å². The molecular weight excluding hydrogens is 448 g/mol. The third kappa shape index (κ3) is 4.27. The third-order valence-electron chi connectivity index (χ3n) is 6.08. The molecular formula is C23H25ClN4O5. The second kappa shape index (κ2) is 9.01. The lowest BCUT2D eigenvalue weighted by Crippen LogP contribution is -2.54. The lowest BCUT2D eigenvalue weighted by Gasteiger charge is -2.36. The van der Waals surface area contributed by atoms with Crippen LogP contribution in [0.15, 0.2) is 48.5 Å². The van der Waals surface area contributed by atoms with Gasteiger partial charge in [-0.1, -0.05) is 23.7 Å².